The van der Waals surface area contributed by atoms with Crippen molar-refractivity contribution in [1.82, 2.24) is 4.90 Å². The topological polar surface area (TPSA) is 32.7 Å². The standard InChI is InChI=1S/C18H25NO2/c20-18(8-14-6-7-14)9-16-12-21-13-17(10-18)19(16)11-15-4-2-1-3-5-15/h1-5,14,16-17,20H,6-13H2. The highest BCUT2D eigenvalue weighted by Gasteiger charge is 2.47. The molecule has 2 saturated heterocycles. The van der Waals surface area contributed by atoms with Crippen molar-refractivity contribution in [2.75, 3.05) is 13.2 Å². The smallest absolute Gasteiger partial charge is 0.0682 e. The molecule has 1 saturated carbocycles. The number of benzene rings is 1. The van der Waals surface area contributed by atoms with Gasteiger partial charge in [-0.25, -0.2) is 0 Å². The molecule has 3 heteroatoms. The van der Waals surface area contributed by atoms with E-state index in [9.17, 15) is 5.11 Å². The van der Waals surface area contributed by atoms with Crippen LogP contribution in [0.4, 0.5) is 0 Å². The van der Waals surface area contributed by atoms with E-state index in [1.807, 2.05) is 0 Å². The van der Waals surface area contributed by atoms with Crippen molar-refractivity contribution < 1.29 is 9.84 Å². The molecule has 3 nitrogen and oxygen atoms in total. The van der Waals surface area contributed by atoms with E-state index in [2.05, 4.69) is 35.2 Å². The second-order valence-electron chi connectivity index (χ2n) is 7.28. The predicted molar refractivity (Wildman–Crippen MR) is 81.9 cm³/mol. The van der Waals surface area contributed by atoms with E-state index in [-0.39, 0.29) is 0 Å². The lowest BCUT2D eigenvalue weighted by Gasteiger charge is -2.52. The summed E-state index contributed by atoms with van der Waals surface area (Å²) in [5.74, 6) is 0.789. The van der Waals surface area contributed by atoms with Gasteiger partial charge < -0.3 is 9.84 Å². The van der Waals surface area contributed by atoms with Crippen LogP contribution in [0.25, 0.3) is 0 Å². The molecule has 2 bridgehead atoms. The summed E-state index contributed by atoms with van der Waals surface area (Å²) in [6.07, 6.45) is 5.42. The highest BCUT2D eigenvalue weighted by Crippen LogP contribution is 2.44. The summed E-state index contributed by atoms with van der Waals surface area (Å²) in [6.45, 7) is 2.53. The summed E-state index contributed by atoms with van der Waals surface area (Å²) < 4.78 is 5.77. The summed E-state index contributed by atoms with van der Waals surface area (Å²) in [7, 11) is 0. The van der Waals surface area contributed by atoms with Crippen molar-refractivity contribution >= 4 is 0 Å². The van der Waals surface area contributed by atoms with E-state index in [0.717, 1.165) is 44.9 Å². The van der Waals surface area contributed by atoms with Gasteiger partial charge in [0.15, 0.2) is 0 Å². The van der Waals surface area contributed by atoms with Crippen LogP contribution < -0.4 is 0 Å². The zero-order chi connectivity index (χ0) is 14.3. The molecule has 0 aromatic heterocycles. The Morgan fingerprint density at radius 1 is 1.10 bits per heavy atom. The maximum absolute atomic E-state index is 11.0. The average molecular weight is 287 g/mol. The molecule has 2 atom stereocenters. The molecule has 0 amide bonds. The molecule has 1 aromatic carbocycles. The van der Waals surface area contributed by atoms with E-state index in [0.29, 0.717) is 12.1 Å². The van der Waals surface area contributed by atoms with E-state index >= 15 is 0 Å². The maximum Gasteiger partial charge on any atom is 0.0682 e. The predicted octanol–water partition coefficient (Wildman–Crippen LogP) is 2.58. The van der Waals surface area contributed by atoms with Crippen molar-refractivity contribution in [2.45, 2.75) is 56.3 Å². The van der Waals surface area contributed by atoms with Crippen LogP contribution in [0.5, 0.6) is 0 Å². The molecule has 114 valence electrons. The SMILES string of the molecule is OC1(CC2CC2)CC2COCC(C1)N2Cc1ccccc1. The Kier molecular flexibility index (Phi) is 3.52. The third-order valence-corrected chi connectivity index (χ3v) is 5.36. The van der Waals surface area contributed by atoms with E-state index in [1.54, 1.807) is 0 Å². The third-order valence-electron chi connectivity index (χ3n) is 5.36. The highest BCUT2D eigenvalue weighted by molar-refractivity contribution is 5.15. The molecule has 1 N–H and O–H groups in total. The number of aliphatic hydroxyl groups is 1. The molecule has 4 rings (SSSR count). The van der Waals surface area contributed by atoms with Gasteiger partial charge >= 0.3 is 0 Å². The molecule has 1 aliphatic carbocycles. The number of nitrogens with zero attached hydrogens (tertiary/aromatic N) is 1. The lowest BCUT2D eigenvalue weighted by molar-refractivity contribution is -0.149. The van der Waals surface area contributed by atoms with Gasteiger partial charge in [-0.15, -0.1) is 0 Å². The van der Waals surface area contributed by atoms with Crippen LogP contribution in [-0.2, 0) is 11.3 Å². The lowest BCUT2D eigenvalue weighted by Crippen LogP contribution is -2.61. The van der Waals surface area contributed by atoms with Crippen LogP contribution in [0, 0.1) is 5.92 Å². The molecule has 0 spiro atoms. The Hall–Kier alpha value is -0.900. The summed E-state index contributed by atoms with van der Waals surface area (Å²) >= 11 is 0. The van der Waals surface area contributed by atoms with Gasteiger partial charge in [-0.1, -0.05) is 43.2 Å². The fourth-order valence-corrected chi connectivity index (χ4v) is 4.22. The van der Waals surface area contributed by atoms with Crippen LogP contribution in [0.1, 0.15) is 37.7 Å². The molecule has 21 heavy (non-hydrogen) atoms. The Labute approximate surface area is 126 Å². The number of piperidine rings is 1. The lowest BCUT2D eigenvalue weighted by atomic mass is 9.78. The molecule has 1 aromatic rings. The second-order valence-corrected chi connectivity index (χ2v) is 7.28. The van der Waals surface area contributed by atoms with Gasteiger partial charge in [0.05, 0.1) is 18.8 Å². The van der Waals surface area contributed by atoms with Crippen molar-refractivity contribution in [3.05, 3.63) is 35.9 Å². The monoisotopic (exact) mass is 287 g/mol. The van der Waals surface area contributed by atoms with Gasteiger partial charge in [-0.05, 0) is 30.7 Å². The zero-order valence-corrected chi connectivity index (χ0v) is 12.6. The molecule has 2 aliphatic heterocycles. The molecule has 2 unspecified atom stereocenters. The summed E-state index contributed by atoms with van der Waals surface area (Å²) in [4.78, 5) is 2.57. The summed E-state index contributed by atoms with van der Waals surface area (Å²) in [5.41, 5.74) is 0.926. The largest absolute Gasteiger partial charge is 0.390 e. The van der Waals surface area contributed by atoms with Crippen molar-refractivity contribution in [3.8, 4) is 0 Å². The fraction of sp³-hybridized carbons (Fsp3) is 0.667. The average Bonchev–Trinajstić information content (AvgIpc) is 3.25. The number of hydrogen-bond donors (Lipinski definition) is 1. The molecular formula is C18H25NO2. The van der Waals surface area contributed by atoms with Crippen LogP contribution in [0.15, 0.2) is 30.3 Å². The molecule has 2 heterocycles. The van der Waals surface area contributed by atoms with Gasteiger partial charge in [0.25, 0.3) is 0 Å². The number of ether oxygens (including phenoxy) is 1. The van der Waals surface area contributed by atoms with Crippen LogP contribution in [-0.4, -0.2) is 40.9 Å². The Balaban J connectivity index is 1.48. The van der Waals surface area contributed by atoms with Crippen LogP contribution in [0.2, 0.25) is 0 Å². The van der Waals surface area contributed by atoms with E-state index < -0.39 is 5.60 Å². The minimum absolute atomic E-state index is 0.376. The minimum atomic E-state index is -0.437. The highest BCUT2D eigenvalue weighted by atomic mass is 16.5. The molecule has 3 aliphatic rings. The fourth-order valence-electron chi connectivity index (χ4n) is 4.22. The molecule has 0 radical (unpaired) electrons. The minimum Gasteiger partial charge on any atom is -0.390 e. The zero-order valence-electron chi connectivity index (χ0n) is 12.6. The van der Waals surface area contributed by atoms with Crippen molar-refractivity contribution in [3.63, 3.8) is 0 Å². The van der Waals surface area contributed by atoms with Crippen molar-refractivity contribution in [2.24, 2.45) is 5.92 Å². The van der Waals surface area contributed by atoms with E-state index in [4.69, 9.17) is 4.74 Å². The van der Waals surface area contributed by atoms with Crippen LogP contribution >= 0.6 is 0 Å². The molecule has 3 fully saturated rings. The van der Waals surface area contributed by atoms with E-state index in [1.165, 1.54) is 18.4 Å². The van der Waals surface area contributed by atoms with Crippen LogP contribution in [0.3, 0.4) is 0 Å². The Morgan fingerprint density at radius 2 is 1.76 bits per heavy atom. The summed E-state index contributed by atoms with van der Waals surface area (Å²) in [6, 6.07) is 11.4. The van der Waals surface area contributed by atoms with Gasteiger partial charge in [0.1, 0.15) is 0 Å². The maximum atomic E-state index is 11.0. The summed E-state index contributed by atoms with van der Waals surface area (Å²) in [5, 5.41) is 11.0. The van der Waals surface area contributed by atoms with Gasteiger partial charge in [-0.2, -0.15) is 0 Å². The van der Waals surface area contributed by atoms with Gasteiger partial charge in [0.2, 0.25) is 0 Å². The number of hydrogen-bond acceptors (Lipinski definition) is 3. The first-order valence-electron chi connectivity index (χ1n) is 8.32. The van der Waals surface area contributed by atoms with Gasteiger partial charge in [-0.3, -0.25) is 4.90 Å². The second kappa shape index (κ2) is 5.38. The number of rotatable bonds is 4. The van der Waals surface area contributed by atoms with Gasteiger partial charge in [0, 0.05) is 18.6 Å². The quantitative estimate of drug-likeness (QED) is 0.924. The Morgan fingerprint density at radius 3 is 2.38 bits per heavy atom. The van der Waals surface area contributed by atoms with Crippen molar-refractivity contribution in [1.29, 1.82) is 0 Å². The normalized spacial score (nSPS) is 36.6. The first-order valence-corrected chi connectivity index (χ1v) is 8.32. The molecular weight excluding hydrogens is 262 g/mol. The number of fused-ring (bicyclic) bond motifs is 2. The number of morpholine rings is 1. The first-order chi connectivity index (χ1) is 10.2. The third kappa shape index (κ3) is 3.01. The Bertz CT molecular complexity index is 471. The first kappa shape index (κ1) is 13.7.